The molecule has 25 heavy (non-hydrogen) atoms. The van der Waals surface area contributed by atoms with Gasteiger partial charge < -0.3 is 10.2 Å². The third-order valence-electron chi connectivity index (χ3n) is 5.61. The first-order valence-corrected chi connectivity index (χ1v) is 9.38. The highest BCUT2D eigenvalue weighted by molar-refractivity contribution is 5.92. The fourth-order valence-corrected chi connectivity index (χ4v) is 3.63. The van der Waals surface area contributed by atoms with Crippen LogP contribution in [0.5, 0.6) is 0 Å². The molecule has 1 N–H and O–H groups in total. The van der Waals surface area contributed by atoms with Gasteiger partial charge in [0, 0.05) is 37.8 Å². The molecule has 0 unspecified atom stereocenters. The van der Waals surface area contributed by atoms with E-state index in [1.54, 1.807) is 0 Å². The molecule has 0 aromatic heterocycles. The van der Waals surface area contributed by atoms with E-state index in [0.717, 1.165) is 44.5 Å². The van der Waals surface area contributed by atoms with E-state index in [4.69, 9.17) is 0 Å². The molecule has 2 aliphatic rings. The van der Waals surface area contributed by atoms with Crippen LogP contribution in [-0.2, 0) is 9.59 Å². The molecule has 2 amide bonds. The summed E-state index contributed by atoms with van der Waals surface area (Å²) < 4.78 is 0. The molecule has 2 fully saturated rings. The Kier molecular flexibility index (Phi) is 5.74. The molecule has 1 saturated heterocycles. The minimum Gasteiger partial charge on any atom is -0.342 e. The maximum atomic E-state index is 12.4. The highest BCUT2D eigenvalue weighted by Crippen LogP contribution is 2.29. The SMILES string of the molecule is Cc1ccc(NC(=O)CN2CCC(N(C)C(=O)C3CCC3)CC2)cc1. The molecule has 1 heterocycles. The molecule has 1 aliphatic heterocycles. The van der Waals surface area contributed by atoms with Crippen LogP contribution >= 0.6 is 0 Å². The second kappa shape index (κ2) is 8.00. The molecule has 0 bridgehead atoms. The standard InChI is InChI=1S/C20H29N3O2/c1-15-6-8-17(9-7-15)21-19(24)14-23-12-10-18(11-13-23)22(2)20(25)16-4-3-5-16/h6-9,16,18H,3-5,10-14H2,1-2H3,(H,21,24). The van der Waals surface area contributed by atoms with Crippen molar-refractivity contribution in [2.24, 2.45) is 5.92 Å². The van der Waals surface area contributed by atoms with Gasteiger partial charge in [0.1, 0.15) is 0 Å². The molecule has 0 spiro atoms. The van der Waals surface area contributed by atoms with Gasteiger partial charge in [-0.1, -0.05) is 24.1 Å². The summed E-state index contributed by atoms with van der Waals surface area (Å²) in [6, 6.07) is 8.18. The summed E-state index contributed by atoms with van der Waals surface area (Å²) in [4.78, 5) is 28.7. The van der Waals surface area contributed by atoms with Gasteiger partial charge in [0.05, 0.1) is 6.54 Å². The van der Waals surface area contributed by atoms with Gasteiger partial charge in [0.15, 0.2) is 0 Å². The van der Waals surface area contributed by atoms with Crippen molar-refractivity contribution in [2.75, 3.05) is 32.0 Å². The molecule has 1 saturated carbocycles. The predicted molar refractivity (Wildman–Crippen MR) is 99.4 cm³/mol. The van der Waals surface area contributed by atoms with E-state index in [2.05, 4.69) is 10.2 Å². The van der Waals surface area contributed by atoms with Gasteiger partial charge in [-0.25, -0.2) is 0 Å². The van der Waals surface area contributed by atoms with Gasteiger partial charge in [0.25, 0.3) is 0 Å². The zero-order chi connectivity index (χ0) is 17.8. The van der Waals surface area contributed by atoms with E-state index in [0.29, 0.717) is 18.5 Å². The first kappa shape index (κ1) is 17.9. The van der Waals surface area contributed by atoms with Crippen molar-refractivity contribution in [1.82, 2.24) is 9.80 Å². The number of nitrogens with zero attached hydrogens (tertiary/aromatic N) is 2. The van der Waals surface area contributed by atoms with Crippen LogP contribution in [0.2, 0.25) is 0 Å². The van der Waals surface area contributed by atoms with E-state index in [1.807, 2.05) is 43.1 Å². The number of hydrogen-bond donors (Lipinski definition) is 1. The number of anilines is 1. The number of nitrogens with one attached hydrogen (secondary N) is 1. The topological polar surface area (TPSA) is 52.7 Å². The second-order valence-corrected chi connectivity index (χ2v) is 7.50. The van der Waals surface area contributed by atoms with Crippen LogP contribution in [0.3, 0.4) is 0 Å². The fraction of sp³-hybridized carbons (Fsp3) is 0.600. The number of amides is 2. The van der Waals surface area contributed by atoms with Crippen molar-refractivity contribution in [2.45, 2.75) is 45.1 Å². The lowest BCUT2D eigenvalue weighted by molar-refractivity contribution is -0.140. The third kappa shape index (κ3) is 4.60. The summed E-state index contributed by atoms with van der Waals surface area (Å²) in [5.41, 5.74) is 2.02. The minimum atomic E-state index is 0.0289. The summed E-state index contributed by atoms with van der Waals surface area (Å²) in [5, 5.41) is 2.95. The lowest BCUT2D eigenvalue weighted by Gasteiger charge is -2.39. The van der Waals surface area contributed by atoms with Crippen LogP contribution in [0.15, 0.2) is 24.3 Å². The normalized spacial score (nSPS) is 19.3. The molecule has 1 aliphatic carbocycles. The lowest BCUT2D eigenvalue weighted by atomic mass is 9.84. The highest BCUT2D eigenvalue weighted by atomic mass is 16.2. The number of likely N-dealkylation sites (tertiary alicyclic amines) is 1. The molecule has 0 atom stereocenters. The van der Waals surface area contributed by atoms with Gasteiger partial charge in [-0.3, -0.25) is 14.5 Å². The van der Waals surface area contributed by atoms with Gasteiger partial charge >= 0.3 is 0 Å². The Morgan fingerprint density at radius 2 is 1.76 bits per heavy atom. The maximum Gasteiger partial charge on any atom is 0.238 e. The van der Waals surface area contributed by atoms with Crippen molar-refractivity contribution >= 4 is 17.5 Å². The largest absolute Gasteiger partial charge is 0.342 e. The number of rotatable bonds is 5. The van der Waals surface area contributed by atoms with Crippen LogP contribution in [0.25, 0.3) is 0 Å². The second-order valence-electron chi connectivity index (χ2n) is 7.50. The van der Waals surface area contributed by atoms with Crippen molar-refractivity contribution in [1.29, 1.82) is 0 Å². The number of carbonyl (C=O) groups excluding carboxylic acids is 2. The molecular formula is C20H29N3O2. The van der Waals surface area contributed by atoms with Gasteiger partial charge in [0.2, 0.25) is 11.8 Å². The monoisotopic (exact) mass is 343 g/mol. The molecule has 5 nitrogen and oxygen atoms in total. The Labute approximate surface area is 150 Å². The summed E-state index contributed by atoms with van der Waals surface area (Å²) >= 11 is 0. The van der Waals surface area contributed by atoms with E-state index >= 15 is 0 Å². The predicted octanol–water partition coefficient (Wildman–Crippen LogP) is 2.66. The number of hydrogen-bond acceptors (Lipinski definition) is 3. The first-order valence-electron chi connectivity index (χ1n) is 9.38. The van der Waals surface area contributed by atoms with Crippen LogP contribution < -0.4 is 5.32 Å². The highest BCUT2D eigenvalue weighted by Gasteiger charge is 2.32. The molecule has 1 aromatic carbocycles. The van der Waals surface area contributed by atoms with Crippen LogP contribution in [0.1, 0.15) is 37.7 Å². The van der Waals surface area contributed by atoms with Crippen molar-refractivity contribution in [3.8, 4) is 0 Å². The zero-order valence-electron chi connectivity index (χ0n) is 15.3. The molecule has 1 aromatic rings. The number of aryl methyl sites for hydroxylation is 1. The smallest absolute Gasteiger partial charge is 0.238 e. The van der Waals surface area contributed by atoms with Gasteiger partial charge in [-0.2, -0.15) is 0 Å². The third-order valence-corrected chi connectivity index (χ3v) is 5.61. The molecule has 136 valence electrons. The molecule has 5 heteroatoms. The van der Waals surface area contributed by atoms with E-state index in [1.165, 1.54) is 12.0 Å². The van der Waals surface area contributed by atoms with Crippen LogP contribution in [-0.4, -0.2) is 54.3 Å². The van der Waals surface area contributed by atoms with Crippen LogP contribution in [0, 0.1) is 12.8 Å². The number of benzene rings is 1. The summed E-state index contributed by atoms with van der Waals surface area (Å²) in [6.45, 7) is 4.19. The van der Waals surface area contributed by atoms with Crippen molar-refractivity contribution in [3.63, 3.8) is 0 Å². The Bertz CT molecular complexity index is 602. The minimum absolute atomic E-state index is 0.0289. The van der Waals surface area contributed by atoms with E-state index in [9.17, 15) is 9.59 Å². The van der Waals surface area contributed by atoms with Crippen molar-refractivity contribution in [3.05, 3.63) is 29.8 Å². The summed E-state index contributed by atoms with van der Waals surface area (Å²) in [6.07, 6.45) is 5.21. The molecule has 0 radical (unpaired) electrons. The summed E-state index contributed by atoms with van der Waals surface area (Å²) in [5.74, 6) is 0.617. The van der Waals surface area contributed by atoms with Gasteiger partial charge in [-0.15, -0.1) is 0 Å². The maximum absolute atomic E-state index is 12.4. The molecule has 3 rings (SSSR count). The van der Waals surface area contributed by atoms with E-state index in [-0.39, 0.29) is 11.8 Å². The van der Waals surface area contributed by atoms with Gasteiger partial charge in [-0.05, 0) is 44.7 Å². The average molecular weight is 343 g/mol. The Balaban J connectivity index is 1.41. The quantitative estimate of drug-likeness (QED) is 0.894. The molecular weight excluding hydrogens is 314 g/mol. The van der Waals surface area contributed by atoms with E-state index < -0.39 is 0 Å². The van der Waals surface area contributed by atoms with Crippen molar-refractivity contribution < 1.29 is 9.59 Å². The average Bonchev–Trinajstić information content (AvgIpc) is 2.55. The number of carbonyl (C=O) groups is 2. The van der Waals surface area contributed by atoms with Crippen LogP contribution in [0.4, 0.5) is 5.69 Å². The zero-order valence-corrected chi connectivity index (χ0v) is 15.3. The Morgan fingerprint density at radius 1 is 1.12 bits per heavy atom. The first-order chi connectivity index (χ1) is 12.0. The fourth-order valence-electron chi connectivity index (χ4n) is 3.63. The summed E-state index contributed by atoms with van der Waals surface area (Å²) in [7, 11) is 1.95. The number of piperidine rings is 1. The lowest BCUT2D eigenvalue weighted by Crippen LogP contribution is -2.49. The Hall–Kier alpha value is -1.88. The Morgan fingerprint density at radius 3 is 2.32 bits per heavy atom.